The van der Waals surface area contributed by atoms with Crippen molar-refractivity contribution < 1.29 is 0 Å². The highest BCUT2D eigenvalue weighted by molar-refractivity contribution is 6.14. The van der Waals surface area contributed by atoms with Crippen molar-refractivity contribution in [2.24, 2.45) is 0 Å². The average molecular weight is 702 g/mol. The second kappa shape index (κ2) is 12.6. The van der Waals surface area contributed by atoms with Crippen molar-refractivity contribution >= 4 is 71.4 Å². The van der Waals surface area contributed by atoms with Gasteiger partial charge < -0.3 is 14.0 Å². The molecule has 11 rings (SSSR count). The van der Waals surface area contributed by atoms with Gasteiger partial charge in [-0.15, -0.1) is 0 Å². The third-order valence-electron chi connectivity index (χ3n) is 11.0. The summed E-state index contributed by atoms with van der Waals surface area (Å²) in [6.45, 7) is 0. The molecule has 0 bridgehead atoms. The molecule has 9 aromatic carbocycles. The molecule has 0 saturated heterocycles. The first-order valence-electron chi connectivity index (χ1n) is 18.9. The topological polar surface area (TPSA) is 13.1 Å². The van der Waals surface area contributed by atoms with Crippen molar-refractivity contribution in [2.45, 2.75) is 0 Å². The number of hydrogen-bond acceptors (Lipinski definition) is 1. The molecular formula is C52H35N3. The first kappa shape index (κ1) is 31.2. The van der Waals surface area contributed by atoms with Crippen LogP contribution in [0.5, 0.6) is 0 Å². The molecule has 11 aromatic rings. The van der Waals surface area contributed by atoms with Crippen LogP contribution >= 0.6 is 0 Å². The number of aromatic nitrogens is 2. The Morgan fingerprint density at radius 2 is 0.782 bits per heavy atom. The van der Waals surface area contributed by atoms with Crippen LogP contribution in [0.1, 0.15) is 0 Å². The maximum Gasteiger partial charge on any atom is 0.0547 e. The van der Waals surface area contributed by atoms with Crippen LogP contribution in [0.3, 0.4) is 0 Å². The zero-order valence-electron chi connectivity index (χ0n) is 30.0. The van der Waals surface area contributed by atoms with Gasteiger partial charge in [-0.3, -0.25) is 0 Å². The highest BCUT2D eigenvalue weighted by Gasteiger charge is 2.19. The van der Waals surface area contributed by atoms with E-state index in [1.807, 2.05) is 0 Å². The summed E-state index contributed by atoms with van der Waals surface area (Å²) in [5, 5.41) is 7.47. The van der Waals surface area contributed by atoms with E-state index >= 15 is 0 Å². The third kappa shape index (κ3) is 5.13. The Hall–Kier alpha value is -7.36. The van der Waals surface area contributed by atoms with Gasteiger partial charge in [-0.05, 0) is 113 Å². The standard InChI is InChI=1S/C52H35N3/c1-3-14-36(15-4-1)37-18-13-21-43(32-37)53(44-30-31-51-48(35-44)46-23-10-11-24-49(46)54(51)40-19-5-2-6-20-40)41-26-28-42(29-27-41)55-50-25-12-9-22-45(50)47-33-38-16-7-8-17-39(38)34-52(47)55/h1-35H. The lowest BCUT2D eigenvalue weighted by Crippen LogP contribution is -2.10. The van der Waals surface area contributed by atoms with Gasteiger partial charge in [-0.2, -0.15) is 0 Å². The first-order chi connectivity index (χ1) is 27.3. The normalized spacial score (nSPS) is 11.6. The van der Waals surface area contributed by atoms with Crippen LogP contribution in [0.4, 0.5) is 17.1 Å². The molecule has 55 heavy (non-hydrogen) atoms. The fraction of sp³-hybridized carbons (Fsp3) is 0. The molecule has 0 atom stereocenters. The summed E-state index contributed by atoms with van der Waals surface area (Å²) in [5.74, 6) is 0. The molecular weight excluding hydrogens is 667 g/mol. The van der Waals surface area contributed by atoms with Crippen molar-refractivity contribution in [3.05, 3.63) is 212 Å². The molecule has 0 spiro atoms. The minimum absolute atomic E-state index is 1.09. The summed E-state index contributed by atoms with van der Waals surface area (Å²) in [7, 11) is 0. The number of rotatable bonds is 6. The predicted molar refractivity (Wildman–Crippen MR) is 233 cm³/mol. The predicted octanol–water partition coefficient (Wildman–Crippen LogP) is 14.2. The highest BCUT2D eigenvalue weighted by Crippen LogP contribution is 2.42. The molecule has 0 aliphatic carbocycles. The maximum atomic E-state index is 2.41. The van der Waals surface area contributed by atoms with E-state index in [1.165, 1.54) is 65.5 Å². The van der Waals surface area contributed by atoms with Crippen molar-refractivity contribution in [1.82, 2.24) is 9.13 Å². The molecule has 0 N–H and O–H groups in total. The molecule has 0 saturated carbocycles. The number of nitrogens with zero attached hydrogens (tertiary/aromatic N) is 3. The van der Waals surface area contributed by atoms with Gasteiger partial charge in [0.25, 0.3) is 0 Å². The Labute approximate surface area is 319 Å². The lowest BCUT2D eigenvalue weighted by molar-refractivity contribution is 1.17. The molecule has 0 unspecified atom stereocenters. The molecule has 0 aliphatic heterocycles. The molecule has 0 radical (unpaired) electrons. The van der Waals surface area contributed by atoms with Crippen molar-refractivity contribution in [3.63, 3.8) is 0 Å². The van der Waals surface area contributed by atoms with Crippen LogP contribution in [-0.4, -0.2) is 9.13 Å². The van der Waals surface area contributed by atoms with Crippen molar-refractivity contribution in [1.29, 1.82) is 0 Å². The van der Waals surface area contributed by atoms with Crippen LogP contribution in [0, 0.1) is 0 Å². The Bertz CT molecular complexity index is 3190. The minimum Gasteiger partial charge on any atom is -0.310 e. The number of fused-ring (bicyclic) bond motifs is 7. The lowest BCUT2D eigenvalue weighted by Gasteiger charge is -2.26. The summed E-state index contributed by atoms with van der Waals surface area (Å²) in [6, 6.07) is 77.0. The minimum atomic E-state index is 1.09. The molecule has 0 fully saturated rings. The summed E-state index contributed by atoms with van der Waals surface area (Å²) in [5.41, 5.74) is 12.7. The van der Waals surface area contributed by atoms with Gasteiger partial charge >= 0.3 is 0 Å². The van der Waals surface area contributed by atoms with E-state index in [-0.39, 0.29) is 0 Å². The smallest absolute Gasteiger partial charge is 0.0547 e. The van der Waals surface area contributed by atoms with Gasteiger partial charge in [-0.25, -0.2) is 0 Å². The fourth-order valence-corrected chi connectivity index (χ4v) is 8.54. The third-order valence-corrected chi connectivity index (χ3v) is 11.0. The van der Waals surface area contributed by atoms with Gasteiger partial charge in [0, 0.05) is 50.0 Å². The number of benzene rings is 9. The van der Waals surface area contributed by atoms with Crippen LogP contribution in [0.25, 0.3) is 76.9 Å². The SMILES string of the molecule is c1ccc(-c2cccc(N(c3ccc(-n4c5ccccc5c5cc6ccccc6cc54)cc3)c3ccc4c(c3)c3ccccc3n4-c3ccccc3)c2)cc1. The van der Waals surface area contributed by atoms with Gasteiger partial charge in [-0.1, -0.05) is 121 Å². The lowest BCUT2D eigenvalue weighted by atomic mass is 10.0. The monoisotopic (exact) mass is 701 g/mol. The van der Waals surface area contributed by atoms with E-state index in [0.717, 1.165) is 28.4 Å². The first-order valence-corrected chi connectivity index (χ1v) is 18.9. The number of para-hydroxylation sites is 3. The molecule has 258 valence electrons. The molecule has 0 amide bonds. The summed E-state index contributed by atoms with van der Waals surface area (Å²) in [4.78, 5) is 2.39. The van der Waals surface area contributed by atoms with Gasteiger partial charge in [0.05, 0.1) is 22.1 Å². The van der Waals surface area contributed by atoms with E-state index in [9.17, 15) is 0 Å². The van der Waals surface area contributed by atoms with E-state index in [0.29, 0.717) is 0 Å². The molecule has 2 heterocycles. The van der Waals surface area contributed by atoms with E-state index in [2.05, 4.69) is 226 Å². The largest absolute Gasteiger partial charge is 0.310 e. The van der Waals surface area contributed by atoms with Crippen molar-refractivity contribution in [2.75, 3.05) is 4.90 Å². The fourth-order valence-electron chi connectivity index (χ4n) is 8.54. The van der Waals surface area contributed by atoms with Crippen LogP contribution in [0.2, 0.25) is 0 Å². The van der Waals surface area contributed by atoms with Gasteiger partial charge in [0.15, 0.2) is 0 Å². The van der Waals surface area contributed by atoms with Gasteiger partial charge in [0.1, 0.15) is 0 Å². The van der Waals surface area contributed by atoms with E-state index < -0.39 is 0 Å². The second-order valence-corrected chi connectivity index (χ2v) is 14.2. The van der Waals surface area contributed by atoms with Gasteiger partial charge in [0.2, 0.25) is 0 Å². The number of anilines is 3. The Morgan fingerprint density at radius 3 is 1.51 bits per heavy atom. The quantitative estimate of drug-likeness (QED) is 0.168. The summed E-state index contributed by atoms with van der Waals surface area (Å²) < 4.78 is 4.78. The number of hydrogen-bond donors (Lipinski definition) is 0. The van der Waals surface area contributed by atoms with Crippen molar-refractivity contribution in [3.8, 4) is 22.5 Å². The molecule has 2 aromatic heterocycles. The molecule has 3 nitrogen and oxygen atoms in total. The zero-order valence-corrected chi connectivity index (χ0v) is 30.0. The van der Waals surface area contributed by atoms with E-state index in [4.69, 9.17) is 0 Å². The molecule has 0 aliphatic rings. The second-order valence-electron chi connectivity index (χ2n) is 14.2. The van der Waals surface area contributed by atoms with E-state index in [1.54, 1.807) is 0 Å². The maximum absolute atomic E-state index is 2.41. The average Bonchev–Trinajstić information content (AvgIpc) is 3.76. The van der Waals surface area contributed by atoms with Crippen LogP contribution < -0.4 is 4.90 Å². The van der Waals surface area contributed by atoms with Crippen LogP contribution in [0.15, 0.2) is 212 Å². The Balaban J connectivity index is 1.10. The summed E-state index contributed by atoms with van der Waals surface area (Å²) in [6.07, 6.45) is 0. The van der Waals surface area contributed by atoms with Crippen LogP contribution in [-0.2, 0) is 0 Å². The Morgan fingerprint density at radius 1 is 0.273 bits per heavy atom. The molecule has 3 heteroatoms. The Kier molecular flexibility index (Phi) is 7.17. The zero-order chi connectivity index (χ0) is 36.3. The highest BCUT2D eigenvalue weighted by atomic mass is 15.1. The summed E-state index contributed by atoms with van der Waals surface area (Å²) >= 11 is 0.